The molecule has 0 N–H and O–H groups in total. The fraction of sp³-hybridized carbons (Fsp3) is 0.938. The van der Waals surface area contributed by atoms with Crippen LogP contribution in [0.2, 0.25) is 18.1 Å². The summed E-state index contributed by atoms with van der Waals surface area (Å²) in [6.45, 7) is 14.1. The zero-order chi connectivity index (χ0) is 14.4. The van der Waals surface area contributed by atoms with Gasteiger partial charge < -0.3 is 4.43 Å². The van der Waals surface area contributed by atoms with Gasteiger partial charge >= 0.3 is 0 Å². The van der Waals surface area contributed by atoms with Crippen LogP contribution in [0.3, 0.4) is 0 Å². The number of carbonyl (C=O) groups is 1. The summed E-state index contributed by atoms with van der Waals surface area (Å²) >= 11 is 0. The average Bonchev–Trinajstić information content (AvgIpc) is 2.83. The first-order valence-electron chi connectivity index (χ1n) is 7.78. The highest BCUT2D eigenvalue weighted by molar-refractivity contribution is 6.74. The molecule has 0 aromatic heterocycles. The summed E-state index contributed by atoms with van der Waals surface area (Å²) in [5, 5.41) is 0.260. The van der Waals surface area contributed by atoms with Gasteiger partial charge in [0.2, 0.25) is 0 Å². The van der Waals surface area contributed by atoms with Gasteiger partial charge in [0, 0.05) is 12.5 Å². The predicted octanol–water partition coefficient (Wildman–Crippen LogP) is 4.26. The molecule has 2 nitrogen and oxygen atoms in total. The molecule has 0 aliphatic heterocycles. The summed E-state index contributed by atoms with van der Waals surface area (Å²) in [5.74, 6) is 2.61. The molecule has 2 saturated carbocycles. The second kappa shape index (κ2) is 4.99. The normalized spacial score (nSPS) is 34.8. The molecule has 3 heteroatoms. The van der Waals surface area contributed by atoms with Crippen LogP contribution >= 0.6 is 0 Å². The van der Waals surface area contributed by atoms with Gasteiger partial charge in [-0.1, -0.05) is 20.8 Å². The lowest BCUT2D eigenvalue weighted by Crippen LogP contribution is -2.43. The Labute approximate surface area is 119 Å². The summed E-state index contributed by atoms with van der Waals surface area (Å²) in [6.07, 6.45) is 3.86. The van der Waals surface area contributed by atoms with Crippen LogP contribution in [0.25, 0.3) is 0 Å². The number of rotatable bonds is 4. The van der Waals surface area contributed by atoms with Crippen molar-refractivity contribution in [3.8, 4) is 0 Å². The molecular formula is C16H30O2Si. The van der Waals surface area contributed by atoms with E-state index in [1.807, 2.05) is 0 Å². The van der Waals surface area contributed by atoms with E-state index < -0.39 is 8.32 Å². The van der Waals surface area contributed by atoms with E-state index in [0.717, 1.165) is 12.5 Å². The van der Waals surface area contributed by atoms with Crippen molar-refractivity contribution in [2.45, 2.75) is 65.1 Å². The lowest BCUT2D eigenvalue weighted by atomic mass is 9.78. The standard InChI is InChI=1S/C16H30O2Si/c1-11(17)15-13-8-7-12(9-13)14(15)10-18-19(5,6)16(2,3)4/h12-15H,7-10H2,1-6H3/t12-,13+,14-,15-/m0/s1. The van der Waals surface area contributed by atoms with E-state index in [4.69, 9.17) is 4.43 Å². The molecule has 0 amide bonds. The van der Waals surface area contributed by atoms with Crippen LogP contribution in [0.15, 0.2) is 0 Å². The molecular weight excluding hydrogens is 252 g/mol. The fourth-order valence-electron chi connectivity index (χ4n) is 3.80. The van der Waals surface area contributed by atoms with Crippen molar-refractivity contribution in [1.29, 1.82) is 0 Å². The highest BCUT2D eigenvalue weighted by Crippen LogP contribution is 2.53. The van der Waals surface area contributed by atoms with Gasteiger partial charge in [-0.15, -0.1) is 0 Å². The van der Waals surface area contributed by atoms with Crippen LogP contribution in [0.1, 0.15) is 47.0 Å². The molecule has 0 aromatic rings. The third-order valence-corrected chi connectivity index (χ3v) is 10.5. The van der Waals surface area contributed by atoms with E-state index in [1.54, 1.807) is 6.92 Å². The van der Waals surface area contributed by atoms with Crippen molar-refractivity contribution in [1.82, 2.24) is 0 Å². The molecule has 2 fully saturated rings. The van der Waals surface area contributed by atoms with Crippen LogP contribution in [0.5, 0.6) is 0 Å². The molecule has 19 heavy (non-hydrogen) atoms. The molecule has 2 aliphatic carbocycles. The van der Waals surface area contributed by atoms with E-state index in [-0.39, 0.29) is 5.04 Å². The molecule has 0 radical (unpaired) electrons. The second-order valence-corrected chi connectivity index (χ2v) is 13.0. The number of fused-ring (bicyclic) bond motifs is 2. The minimum Gasteiger partial charge on any atom is -0.417 e. The number of hydrogen-bond acceptors (Lipinski definition) is 2. The summed E-state index contributed by atoms with van der Waals surface area (Å²) in [4.78, 5) is 11.9. The average molecular weight is 282 g/mol. The molecule has 0 aromatic carbocycles. The zero-order valence-corrected chi connectivity index (χ0v) is 14.5. The highest BCUT2D eigenvalue weighted by Gasteiger charge is 2.50. The molecule has 2 aliphatic rings. The minimum atomic E-state index is -1.68. The summed E-state index contributed by atoms with van der Waals surface area (Å²) in [7, 11) is -1.68. The summed E-state index contributed by atoms with van der Waals surface area (Å²) in [5.41, 5.74) is 0. The monoisotopic (exact) mass is 282 g/mol. The zero-order valence-electron chi connectivity index (χ0n) is 13.5. The first-order valence-corrected chi connectivity index (χ1v) is 10.7. The van der Waals surface area contributed by atoms with Gasteiger partial charge in [-0.3, -0.25) is 4.79 Å². The predicted molar refractivity (Wildman–Crippen MR) is 81.6 cm³/mol. The maximum absolute atomic E-state index is 11.9. The van der Waals surface area contributed by atoms with Crippen molar-refractivity contribution < 1.29 is 9.22 Å². The molecule has 2 rings (SSSR count). The summed E-state index contributed by atoms with van der Waals surface area (Å²) < 4.78 is 6.40. The highest BCUT2D eigenvalue weighted by atomic mass is 28.4. The Balaban J connectivity index is 2.01. The Morgan fingerprint density at radius 2 is 1.79 bits per heavy atom. The van der Waals surface area contributed by atoms with Gasteiger partial charge in [0.25, 0.3) is 0 Å². The van der Waals surface area contributed by atoms with E-state index >= 15 is 0 Å². The largest absolute Gasteiger partial charge is 0.417 e. The first kappa shape index (κ1) is 15.2. The molecule has 0 spiro atoms. The Kier molecular flexibility index (Phi) is 4.01. The second-order valence-electron chi connectivity index (χ2n) is 8.20. The lowest BCUT2D eigenvalue weighted by molar-refractivity contribution is -0.124. The number of hydrogen-bond donors (Lipinski definition) is 0. The van der Waals surface area contributed by atoms with Crippen LogP contribution in [0, 0.1) is 23.7 Å². The van der Waals surface area contributed by atoms with E-state index in [1.165, 1.54) is 19.3 Å². The van der Waals surface area contributed by atoms with Gasteiger partial charge in [0.1, 0.15) is 5.78 Å². The number of Topliss-reactive ketones (excluding diaryl/α,β-unsaturated/α-hetero) is 1. The topological polar surface area (TPSA) is 26.3 Å². The Hall–Kier alpha value is -0.153. The Bertz CT molecular complexity index is 356. The molecule has 4 atom stereocenters. The van der Waals surface area contributed by atoms with Crippen LogP contribution in [-0.4, -0.2) is 20.7 Å². The van der Waals surface area contributed by atoms with Crippen molar-refractivity contribution >= 4 is 14.1 Å². The van der Waals surface area contributed by atoms with Crippen LogP contribution in [0.4, 0.5) is 0 Å². The van der Waals surface area contributed by atoms with Crippen molar-refractivity contribution in [3.05, 3.63) is 0 Å². The van der Waals surface area contributed by atoms with Gasteiger partial charge in [-0.05, 0) is 62.1 Å². The molecule has 0 heterocycles. The third kappa shape index (κ3) is 2.82. The van der Waals surface area contributed by atoms with E-state index in [2.05, 4.69) is 33.9 Å². The van der Waals surface area contributed by atoms with E-state index in [0.29, 0.717) is 23.5 Å². The van der Waals surface area contributed by atoms with Gasteiger partial charge in [0.05, 0.1) is 0 Å². The first-order chi connectivity index (χ1) is 8.63. The molecule has 0 saturated heterocycles. The minimum absolute atomic E-state index is 0.260. The van der Waals surface area contributed by atoms with Gasteiger partial charge in [-0.2, -0.15) is 0 Å². The molecule has 110 valence electrons. The van der Waals surface area contributed by atoms with Gasteiger partial charge in [-0.25, -0.2) is 0 Å². The maximum atomic E-state index is 11.9. The maximum Gasteiger partial charge on any atom is 0.191 e. The Morgan fingerprint density at radius 3 is 2.32 bits per heavy atom. The molecule has 0 unspecified atom stereocenters. The van der Waals surface area contributed by atoms with Crippen LogP contribution in [-0.2, 0) is 9.22 Å². The number of carbonyl (C=O) groups excluding carboxylic acids is 1. The summed E-state index contributed by atoms with van der Waals surface area (Å²) in [6, 6.07) is 0. The van der Waals surface area contributed by atoms with Gasteiger partial charge in [0.15, 0.2) is 8.32 Å². The van der Waals surface area contributed by atoms with Crippen LogP contribution < -0.4 is 0 Å². The van der Waals surface area contributed by atoms with Crippen molar-refractivity contribution in [3.63, 3.8) is 0 Å². The lowest BCUT2D eigenvalue weighted by Gasteiger charge is -2.39. The van der Waals surface area contributed by atoms with Crippen molar-refractivity contribution in [2.24, 2.45) is 23.7 Å². The van der Waals surface area contributed by atoms with E-state index in [9.17, 15) is 4.79 Å². The number of ketones is 1. The smallest absolute Gasteiger partial charge is 0.191 e. The quantitative estimate of drug-likeness (QED) is 0.720. The van der Waals surface area contributed by atoms with Crippen molar-refractivity contribution in [2.75, 3.05) is 6.61 Å². The third-order valence-electron chi connectivity index (χ3n) is 6.00. The molecule has 2 bridgehead atoms. The SMILES string of the molecule is CC(=O)[C@H]1[C@@H]2CC[C@@H](C2)[C@@H]1CO[Si](C)(C)C(C)(C)C. The Morgan fingerprint density at radius 1 is 1.21 bits per heavy atom. The fourth-order valence-corrected chi connectivity index (χ4v) is 4.85.